The molecule has 3 aliphatic rings. The molecule has 5 rings (SSSR count). The molecular weight excluding hydrogens is 408 g/mol. The van der Waals surface area contributed by atoms with Gasteiger partial charge in [-0.05, 0) is 82.2 Å². The maximum Gasteiger partial charge on any atom is 0.253 e. The first-order valence-electron chi connectivity index (χ1n) is 11.9. The van der Waals surface area contributed by atoms with Crippen LogP contribution in [0.25, 0.3) is 0 Å². The van der Waals surface area contributed by atoms with Gasteiger partial charge in [0.25, 0.3) is 5.91 Å². The van der Waals surface area contributed by atoms with Crippen LogP contribution in [0.4, 0.5) is 8.78 Å². The Hall–Kier alpha value is -2.34. The predicted octanol–water partition coefficient (Wildman–Crippen LogP) is 4.97. The Morgan fingerprint density at radius 1 is 1.09 bits per heavy atom. The van der Waals surface area contributed by atoms with Crippen LogP contribution in [0.5, 0.6) is 0 Å². The monoisotopic (exact) mass is 439 g/mol. The molecule has 3 fully saturated rings. The molecular formula is C26H31F2N3O. The average molecular weight is 440 g/mol. The first-order valence-corrected chi connectivity index (χ1v) is 11.9. The van der Waals surface area contributed by atoms with Gasteiger partial charge in [0.2, 0.25) is 0 Å². The van der Waals surface area contributed by atoms with E-state index in [4.69, 9.17) is 4.98 Å². The number of carbonyl (C=O) groups excluding carboxylic acids is 1. The van der Waals surface area contributed by atoms with Crippen LogP contribution in [0.1, 0.15) is 71.8 Å². The Kier molecular flexibility index (Phi) is 5.97. The van der Waals surface area contributed by atoms with Crippen molar-refractivity contribution in [2.45, 2.75) is 64.0 Å². The molecule has 2 saturated carbocycles. The summed E-state index contributed by atoms with van der Waals surface area (Å²) in [6.45, 7) is 4.03. The Labute approximate surface area is 188 Å². The molecule has 2 aromatic rings. The first-order chi connectivity index (χ1) is 15.5. The molecule has 32 heavy (non-hydrogen) atoms. The number of hydrogen-bond acceptors (Lipinski definition) is 3. The van der Waals surface area contributed by atoms with Gasteiger partial charge in [-0.2, -0.15) is 0 Å². The number of nitrogens with zero attached hydrogens (tertiary/aromatic N) is 2. The normalized spacial score (nSPS) is 25.9. The largest absolute Gasteiger partial charge is 0.349 e. The average Bonchev–Trinajstić information content (AvgIpc) is 3.39. The third-order valence-electron chi connectivity index (χ3n) is 7.75. The van der Waals surface area contributed by atoms with Crippen LogP contribution in [0.3, 0.4) is 0 Å². The number of nitrogens with one attached hydrogen (secondary N) is 1. The highest BCUT2D eigenvalue weighted by Gasteiger charge is 2.40. The number of likely N-dealkylation sites (tertiary alicyclic amines) is 1. The van der Waals surface area contributed by atoms with Gasteiger partial charge in [0, 0.05) is 35.8 Å². The smallest absolute Gasteiger partial charge is 0.253 e. The lowest BCUT2D eigenvalue weighted by molar-refractivity contribution is 0.0920. The van der Waals surface area contributed by atoms with Crippen LogP contribution in [0.15, 0.2) is 30.3 Å². The highest BCUT2D eigenvalue weighted by Crippen LogP contribution is 2.44. The van der Waals surface area contributed by atoms with E-state index in [0.29, 0.717) is 29.6 Å². The molecule has 3 atom stereocenters. The standard InChI is InChI=1S/C26H31F2N3O/c1-16-2-7-22(26(32)30-24-13-17-3-4-19(24)12-17)25(29-16)18-8-10-31(11-9-18)15-20-5-6-21(27)14-23(20)28/h2,5-7,14,17-19,24H,3-4,8-13,15H2,1H3,(H,30,32). The third kappa shape index (κ3) is 4.42. The Morgan fingerprint density at radius 2 is 1.91 bits per heavy atom. The van der Waals surface area contributed by atoms with Crippen molar-refractivity contribution in [2.24, 2.45) is 11.8 Å². The van der Waals surface area contributed by atoms with Crippen molar-refractivity contribution in [3.63, 3.8) is 0 Å². The number of rotatable bonds is 5. The van der Waals surface area contributed by atoms with Gasteiger partial charge in [0.05, 0.1) is 11.3 Å². The van der Waals surface area contributed by atoms with E-state index in [0.717, 1.165) is 55.7 Å². The van der Waals surface area contributed by atoms with E-state index in [1.165, 1.54) is 31.4 Å². The van der Waals surface area contributed by atoms with Crippen LogP contribution in [0.2, 0.25) is 0 Å². The zero-order chi connectivity index (χ0) is 22.2. The van der Waals surface area contributed by atoms with Crippen molar-refractivity contribution in [3.8, 4) is 0 Å². The van der Waals surface area contributed by atoms with E-state index in [9.17, 15) is 13.6 Å². The highest BCUT2D eigenvalue weighted by molar-refractivity contribution is 5.95. The molecule has 0 spiro atoms. The van der Waals surface area contributed by atoms with Crippen LogP contribution >= 0.6 is 0 Å². The van der Waals surface area contributed by atoms with Gasteiger partial charge in [-0.3, -0.25) is 14.7 Å². The van der Waals surface area contributed by atoms with Gasteiger partial charge in [0.1, 0.15) is 11.6 Å². The minimum Gasteiger partial charge on any atom is -0.349 e. The van der Waals surface area contributed by atoms with Gasteiger partial charge < -0.3 is 5.32 Å². The molecule has 1 aromatic heterocycles. The van der Waals surface area contributed by atoms with Gasteiger partial charge in [-0.25, -0.2) is 8.78 Å². The summed E-state index contributed by atoms with van der Waals surface area (Å²) in [4.78, 5) is 20.2. The second-order valence-corrected chi connectivity index (χ2v) is 9.93. The van der Waals surface area contributed by atoms with Crippen molar-refractivity contribution in [1.29, 1.82) is 0 Å². The zero-order valence-corrected chi connectivity index (χ0v) is 18.6. The summed E-state index contributed by atoms with van der Waals surface area (Å²) in [5.41, 5.74) is 3.05. The van der Waals surface area contributed by atoms with Crippen molar-refractivity contribution < 1.29 is 13.6 Å². The molecule has 1 aliphatic heterocycles. The summed E-state index contributed by atoms with van der Waals surface area (Å²) in [7, 11) is 0. The highest BCUT2D eigenvalue weighted by atomic mass is 19.1. The fraction of sp³-hybridized carbons (Fsp3) is 0.538. The molecule has 1 N–H and O–H groups in total. The summed E-state index contributed by atoms with van der Waals surface area (Å²) < 4.78 is 27.2. The molecule has 1 saturated heterocycles. The van der Waals surface area contributed by atoms with Crippen LogP contribution in [0, 0.1) is 30.4 Å². The van der Waals surface area contributed by atoms with E-state index in [2.05, 4.69) is 10.2 Å². The summed E-state index contributed by atoms with van der Waals surface area (Å²) >= 11 is 0. The Bertz CT molecular complexity index is 1000. The van der Waals surface area contributed by atoms with Crippen molar-refractivity contribution >= 4 is 5.91 Å². The Morgan fingerprint density at radius 3 is 2.59 bits per heavy atom. The fourth-order valence-electron chi connectivity index (χ4n) is 6.00. The summed E-state index contributed by atoms with van der Waals surface area (Å²) in [5, 5.41) is 3.32. The van der Waals surface area contributed by atoms with Crippen LogP contribution < -0.4 is 5.32 Å². The maximum atomic E-state index is 14.0. The molecule has 1 amide bonds. The molecule has 0 radical (unpaired) electrons. The number of aromatic nitrogens is 1. The number of carbonyl (C=O) groups is 1. The number of benzene rings is 1. The lowest BCUT2D eigenvalue weighted by Gasteiger charge is -2.32. The van der Waals surface area contributed by atoms with Gasteiger partial charge in [-0.1, -0.05) is 12.5 Å². The maximum absolute atomic E-state index is 14.0. The Balaban J connectivity index is 1.25. The second-order valence-electron chi connectivity index (χ2n) is 9.93. The van der Waals surface area contributed by atoms with Crippen LogP contribution in [-0.2, 0) is 6.54 Å². The van der Waals surface area contributed by atoms with E-state index < -0.39 is 11.6 Å². The lowest BCUT2D eigenvalue weighted by Crippen LogP contribution is -2.39. The van der Waals surface area contributed by atoms with E-state index in [1.807, 2.05) is 19.1 Å². The molecule has 4 nitrogen and oxygen atoms in total. The minimum atomic E-state index is -0.549. The molecule has 2 aliphatic carbocycles. The van der Waals surface area contributed by atoms with E-state index in [-0.39, 0.29) is 11.8 Å². The molecule has 3 unspecified atom stereocenters. The van der Waals surface area contributed by atoms with Gasteiger partial charge in [0.15, 0.2) is 0 Å². The van der Waals surface area contributed by atoms with Crippen molar-refractivity contribution in [1.82, 2.24) is 15.2 Å². The van der Waals surface area contributed by atoms with Crippen molar-refractivity contribution in [3.05, 3.63) is 64.5 Å². The van der Waals surface area contributed by atoms with E-state index in [1.54, 1.807) is 0 Å². The number of aryl methyl sites for hydroxylation is 1. The fourth-order valence-corrected chi connectivity index (χ4v) is 6.00. The number of halogens is 2. The number of hydrogen-bond donors (Lipinski definition) is 1. The number of pyridine rings is 1. The third-order valence-corrected chi connectivity index (χ3v) is 7.75. The van der Waals surface area contributed by atoms with Gasteiger partial charge >= 0.3 is 0 Å². The quantitative estimate of drug-likeness (QED) is 0.716. The molecule has 6 heteroatoms. The topological polar surface area (TPSA) is 45.2 Å². The summed E-state index contributed by atoms with van der Waals surface area (Å²) in [6.07, 6.45) is 6.66. The van der Waals surface area contributed by atoms with Gasteiger partial charge in [-0.15, -0.1) is 0 Å². The lowest BCUT2D eigenvalue weighted by atomic mass is 9.89. The summed E-state index contributed by atoms with van der Waals surface area (Å²) in [5.74, 6) is 0.613. The molecule has 170 valence electrons. The zero-order valence-electron chi connectivity index (χ0n) is 18.6. The van der Waals surface area contributed by atoms with Crippen LogP contribution in [-0.4, -0.2) is 34.9 Å². The molecule has 2 bridgehead atoms. The summed E-state index contributed by atoms with van der Waals surface area (Å²) in [6, 6.07) is 7.94. The SMILES string of the molecule is Cc1ccc(C(=O)NC2CC3CCC2C3)c(C2CCN(Cc3ccc(F)cc3F)CC2)n1. The number of amides is 1. The molecule has 1 aromatic carbocycles. The number of piperidine rings is 1. The van der Waals surface area contributed by atoms with E-state index >= 15 is 0 Å². The predicted molar refractivity (Wildman–Crippen MR) is 119 cm³/mol. The minimum absolute atomic E-state index is 0.0147. The first kappa shape index (κ1) is 21.5. The molecule has 2 heterocycles. The number of fused-ring (bicyclic) bond motifs is 2. The second kappa shape index (κ2) is 8.89. The van der Waals surface area contributed by atoms with Crippen molar-refractivity contribution in [2.75, 3.05) is 13.1 Å².